The maximum absolute atomic E-state index is 12.3. The van der Waals surface area contributed by atoms with Gasteiger partial charge in [-0.2, -0.15) is 8.42 Å². The molecule has 0 aromatic heterocycles. The van der Waals surface area contributed by atoms with E-state index in [2.05, 4.69) is 5.16 Å². The monoisotopic (exact) mass is 393 g/mol. The van der Waals surface area contributed by atoms with Crippen LogP contribution in [0.2, 0.25) is 0 Å². The number of carbonyl (C=O) groups excluding carboxylic acids is 1. The molecule has 26 heavy (non-hydrogen) atoms. The van der Waals surface area contributed by atoms with E-state index < -0.39 is 16.1 Å². The summed E-state index contributed by atoms with van der Waals surface area (Å²) in [5.74, 6) is -0.761. The summed E-state index contributed by atoms with van der Waals surface area (Å²) < 4.78 is 34.3. The first-order valence-electron chi connectivity index (χ1n) is 7.77. The minimum Gasteiger partial charge on any atom is -0.461 e. The van der Waals surface area contributed by atoms with Gasteiger partial charge in [-0.05, 0) is 44.4 Å². The van der Waals surface area contributed by atoms with Gasteiger partial charge in [-0.3, -0.25) is 4.28 Å². The molecule has 0 amide bonds. The summed E-state index contributed by atoms with van der Waals surface area (Å²) >= 11 is 1.54. The van der Waals surface area contributed by atoms with Gasteiger partial charge in [0.25, 0.3) is 0 Å². The average molecular weight is 393 g/mol. The minimum absolute atomic E-state index is 0.0483. The van der Waals surface area contributed by atoms with Gasteiger partial charge in [0.15, 0.2) is 5.71 Å². The van der Waals surface area contributed by atoms with E-state index in [9.17, 15) is 13.2 Å². The zero-order valence-electron chi connectivity index (χ0n) is 14.6. The predicted molar refractivity (Wildman–Crippen MR) is 101 cm³/mol. The number of ether oxygens (including phenoxy) is 1. The first-order valence-corrected chi connectivity index (χ1v) is 10.4. The summed E-state index contributed by atoms with van der Waals surface area (Å²) in [4.78, 5) is 13.1. The topological polar surface area (TPSA) is 82.0 Å². The lowest BCUT2D eigenvalue weighted by Gasteiger charge is -2.07. The van der Waals surface area contributed by atoms with Crippen LogP contribution in [-0.4, -0.2) is 33.0 Å². The van der Waals surface area contributed by atoms with Crippen LogP contribution in [-0.2, 0) is 23.9 Å². The van der Waals surface area contributed by atoms with Gasteiger partial charge >= 0.3 is 16.1 Å². The molecule has 0 bridgehead atoms. The third kappa shape index (κ3) is 5.09. The van der Waals surface area contributed by atoms with E-state index in [-0.39, 0.29) is 17.2 Å². The maximum Gasteiger partial charge on any atom is 0.361 e. The van der Waals surface area contributed by atoms with Gasteiger partial charge in [0.1, 0.15) is 4.90 Å². The zero-order chi connectivity index (χ0) is 19.2. The number of hydrogen-bond acceptors (Lipinski definition) is 7. The van der Waals surface area contributed by atoms with Crippen molar-refractivity contribution in [2.45, 2.75) is 23.6 Å². The Bertz CT molecular complexity index is 888. The fourth-order valence-corrected chi connectivity index (χ4v) is 3.13. The van der Waals surface area contributed by atoms with E-state index >= 15 is 0 Å². The Morgan fingerprint density at radius 2 is 1.69 bits per heavy atom. The third-order valence-corrected chi connectivity index (χ3v) is 5.23. The lowest BCUT2D eigenvalue weighted by Crippen LogP contribution is -2.20. The van der Waals surface area contributed by atoms with Gasteiger partial charge in [0, 0.05) is 10.5 Å². The normalized spacial score (nSPS) is 11.9. The molecule has 6 nitrogen and oxygen atoms in total. The van der Waals surface area contributed by atoms with Crippen LogP contribution >= 0.6 is 11.8 Å². The van der Waals surface area contributed by atoms with Crippen molar-refractivity contribution in [1.29, 1.82) is 0 Å². The Hall–Kier alpha value is -2.32. The zero-order valence-corrected chi connectivity index (χ0v) is 16.3. The molecule has 0 aliphatic heterocycles. The molecule has 0 heterocycles. The van der Waals surface area contributed by atoms with E-state index in [1.165, 1.54) is 12.1 Å². The molecule has 0 saturated heterocycles. The second-order valence-electron chi connectivity index (χ2n) is 5.23. The number of carbonyl (C=O) groups is 1. The van der Waals surface area contributed by atoms with Crippen molar-refractivity contribution in [3.63, 3.8) is 0 Å². The maximum atomic E-state index is 12.3. The number of rotatable bonds is 7. The Morgan fingerprint density at radius 1 is 1.08 bits per heavy atom. The van der Waals surface area contributed by atoms with Crippen LogP contribution in [0.3, 0.4) is 0 Å². The van der Waals surface area contributed by atoms with Crippen molar-refractivity contribution >= 4 is 33.6 Å². The van der Waals surface area contributed by atoms with E-state index in [1.54, 1.807) is 55.1 Å². The first kappa shape index (κ1) is 20.0. The standard InChI is InChI=1S/C18H19NO5S2/c1-4-23-18(20)17(14-7-9-15(25-3)10-8-14)19-24-26(21,22)16-11-5-13(2)6-12-16/h5-12H,4H2,1-3H3/b19-17+. The van der Waals surface area contributed by atoms with Gasteiger partial charge in [-0.1, -0.05) is 35.0 Å². The average Bonchev–Trinajstić information content (AvgIpc) is 2.63. The molecule has 138 valence electrons. The van der Waals surface area contributed by atoms with Crippen LogP contribution < -0.4 is 0 Å². The number of oxime groups is 1. The quantitative estimate of drug-likeness (QED) is 0.310. The van der Waals surface area contributed by atoms with Crippen molar-refractivity contribution in [3.8, 4) is 0 Å². The number of nitrogens with zero attached hydrogens (tertiary/aromatic N) is 1. The van der Waals surface area contributed by atoms with Crippen molar-refractivity contribution in [2.24, 2.45) is 5.16 Å². The van der Waals surface area contributed by atoms with Crippen molar-refractivity contribution in [1.82, 2.24) is 0 Å². The number of aryl methyl sites for hydroxylation is 1. The fraction of sp³-hybridized carbons (Fsp3) is 0.222. The Morgan fingerprint density at radius 3 is 2.23 bits per heavy atom. The van der Waals surface area contributed by atoms with Gasteiger partial charge in [-0.15, -0.1) is 11.8 Å². The number of esters is 1. The Labute approximate surface area is 157 Å². The van der Waals surface area contributed by atoms with E-state index in [0.717, 1.165) is 10.5 Å². The molecule has 0 fully saturated rings. The van der Waals surface area contributed by atoms with E-state index in [1.807, 2.05) is 13.2 Å². The fourth-order valence-electron chi connectivity index (χ4n) is 1.99. The molecule has 0 aliphatic carbocycles. The highest BCUT2D eigenvalue weighted by Crippen LogP contribution is 2.17. The molecule has 0 radical (unpaired) electrons. The summed E-state index contributed by atoms with van der Waals surface area (Å²) in [6, 6.07) is 13.0. The summed E-state index contributed by atoms with van der Waals surface area (Å²) in [6.45, 7) is 3.62. The number of hydrogen-bond donors (Lipinski definition) is 0. The highest BCUT2D eigenvalue weighted by atomic mass is 32.2. The summed E-state index contributed by atoms with van der Waals surface area (Å²) in [5, 5.41) is 3.59. The highest BCUT2D eigenvalue weighted by molar-refractivity contribution is 7.98. The number of thioether (sulfide) groups is 1. The lowest BCUT2D eigenvalue weighted by molar-refractivity contribution is -0.135. The van der Waals surface area contributed by atoms with Crippen molar-refractivity contribution in [3.05, 3.63) is 59.7 Å². The molecule has 0 atom stereocenters. The van der Waals surface area contributed by atoms with Gasteiger partial charge in [-0.25, -0.2) is 4.79 Å². The smallest absolute Gasteiger partial charge is 0.361 e. The van der Waals surface area contributed by atoms with E-state index in [4.69, 9.17) is 9.02 Å². The third-order valence-electron chi connectivity index (χ3n) is 3.37. The van der Waals surface area contributed by atoms with Crippen LogP contribution in [0.1, 0.15) is 18.1 Å². The number of benzene rings is 2. The van der Waals surface area contributed by atoms with Crippen LogP contribution in [0.5, 0.6) is 0 Å². The molecule has 8 heteroatoms. The largest absolute Gasteiger partial charge is 0.461 e. The summed E-state index contributed by atoms with van der Waals surface area (Å²) in [6.07, 6.45) is 1.92. The second-order valence-corrected chi connectivity index (χ2v) is 7.64. The Balaban J connectivity index is 2.34. The van der Waals surface area contributed by atoms with Crippen LogP contribution in [0, 0.1) is 6.92 Å². The summed E-state index contributed by atoms with van der Waals surface area (Å²) in [7, 11) is -4.14. The Kier molecular flexibility index (Phi) is 6.82. The van der Waals surface area contributed by atoms with Gasteiger partial charge < -0.3 is 4.74 Å². The molecule has 2 aromatic rings. The highest BCUT2D eigenvalue weighted by Gasteiger charge is 2.21. The van der Waals surface area contributed by atoms with Crippen LogP contribution in [0.15, 0.2) is 63.5 Å². The molecular weight excluding hydrogens is 374 g/mol. The predicted octanol–water partition coefficient (Wildman–Crippen LogP) is 3.39. The lowest BCUT2D eigenvalue weighted by atomic mass is 10.1. The molecular formula is C18H19NO5S2. The molecule has 0 spiro atoms. The van der Waals surface area contributed by atoms with Crippen molar-refractivity contribution < 1.29 is 22.2 Å². The molecule has 2 rings (SSSR count). The van der Waals surface area contributed by atoms with Gasteiger partial charge in [0.05, 0.1) is 6.61 Å². The molecule has 0 N–H and O–H groups in total. The summed E-state index contributed by atoms with van der Waals surface area (Å²) in [5.41, 5.74) is 1.10. The second kappa shape index (κ2) is 8.86. The van der Waals surface area contributed by atoms with E-state index in [0.29, 0.717) is 5.56 Å². The first-order chi connectivity index (χ1) is 12.4. The van der Waals surface area contributed by atoms with Crippen LogP contribution in [0.25, 0.3) is 0 Å². The molecule has 0 saturated carbocycles. The SMILES string of the molecule is CCOC(=O)/C(=N/OS(=O)(=O)c1ccc(C)cc1)c1ccc(SC)cc1. The van der Waals surface area contributed by atoms with Crippen LogP contribution in [0.4, 0.5) is 0 Å². The molecule has 0 aliphatic rings. The molecule has 2 aromatic carbocycles. The van der Waals surface area contributed by atoms with Gasteiger partial charge in [0.2, 0.25) is 0 Å². The molecule has 0 unspecified atom stereocenters. The van der Waals surface area contributed by atoms with Crippen molar-refractivity contribution in [2.75, 3.05) is 12.9 Å². The minimum atomic E-state index is -4.14.